The molecule has 12 nitrogen and oxygen atoms in total. The van der Waals surface area contributed by atoms with Gasteiger partial charge in [0.25, 0.3) is 0 Å². The van der Waals surface area contributed by atoms with E-state index in [-0.39, 0.29) is 60.2 Å². The molecular weight excluding hydrogens is 460 g/mol. The first kappa shape index (κ1) is 32.7. The largest absolute Gasteiger partial charge is 2.00 e. The molecule has 1 unspecified atom stereocenters. The molecule has 0 aromatic carbocycles. The van der Waals surface area contributed by atoms with Crippen molar-refractivity contribution in [2.24, 2.45) is 0 Å². The van der Waals surface area contributed by atoms with E-state index in [4.69, 9.17) is 20.4 Å². The molecule has 0 aromatic rings. The van der Waals surface area contributed by atoms with Crippen LogP contribution in [0, 0.1) is 0 Å². The molecule has 24 heavy (non-hydrogen) atoms. The summed E-state index contributed by atoms with van der Waals surface area (Å²) in [4.78, 5) is 39.6. The maximum absolute atomic E-state index is 10.1. The fourth-order valence-electron chi connectivity index (χ4n) is 0.950. The molecule has 0 saturated carbocycles. The number of hydrogen-bond donors (Lipinski definition) is 4. The van der Waals surface area contributed by atoms with Gasteiger partial charge < -0.3 is 58.2 Å². The van der Waals surface area contributed by atoms with Crippen LogP contribution in [0.1, 0.15) is 12.8 Å². The van der Waals surface area contributed by atoms with Gasteiger partial charge in [0.2, 0.25) is 0 Å². The summed E-state index contributed by atoms with van der Waals surface area (Å²) in [6.45, 7) is -1.91. The number of rotatable bonds is 10. The van der Waals surface area contributed by atoms with Crippen LogP contribution in [0.3, 0.4) is 0 Å². The molecule has 2 radical (unpaired) electrons. The molecule has 0 heterocycles. The van der Waals surface area contributed by atoms with Crippen LogP contribution in [-0.2, 0) is 52.3 Å². The zero-order valence-corrected chi connectivity index (χ0v) is 16.3. The topological polar surface area (TPSA) is 226 Å². The average Bonchev–Trinajstić information content (AvgIpc) is 2.34. The van der Waals surface area contributed by atoms with E-state index in [0.29, 0.717) is 0 Å². The summed E-state index contributed by atoms with van der Waals surface area (Å²) in [5, 5.41) is 33.4. The van der Waals surface area contributed by atoms with Gasteiger partial charge >= 0.3 is 34.1 Å². The van der Waals surface area contributed by atoms with Gasteiger partial charge in [-0.25, -0.2) is 0 Å². The Bertz CT molecular complexity index is 355. The third-order valence-corrected chi connectivity index (χ3v) is 2.84. The molecule has 0 aromatic heterocycles. The van der Waals surface area contributed by atoms with Crippen molar-refractivity contribution in [3.05, 3.63) is 0 Å². The SMILES string of the molecule is O=P([O-])([O-])OC(CCO)CCO.O=P([O-])([O-])OCC(O)CO.[Mn+2].[Mn+2]. The summed E-state index contributed by atoms with van der Waals surface area (Å²) in [6, 6.07) is 0. The van der Waals surface area contributed by atoms with Gasteiger partial charge in [0.05, 0.1) is 35.0 Å². The van der Waals surface area contributed by atoms with Crippen molar-refractivity contribution in [1.29, 1.82) is 0 Å². The van der Waals surface area contributed by atoms with Crippen molar-refractivity contribution in [1.82, 2.24) is 0 Å². The average molecular weight is 478 g/mol. The summed E-state index contributed by atoms with van der Waals surface area (Å²) in [7, 11) is -10.0. The van der Waals surface area contributed by atoms with E-state index < -0.39 is 41.1 Å². The van der Waals surface area contributed by atoms with Crippen LogP contribution in [0.4, 0.5) is 0 Å². The van der Waals surface area contributed by atoms with Crippen molar-refractivity contribution in [2.75, 3.05) is 26.4 Å². The van der Waals surface area contributed by atoms with Gasteiger partial charge in [0.1, 0.15) is 6.10 Å². The van der Waals surface area contributed by atoms with Crippen LogP contribution < -0.4 is 19.6 Å². The van der Waals surface area contributed by atoms with Crippen molar-refractivity contribution in [3.8, 4) is 0 Å². The van der Waals surface area contributed by atoms with Crippen molar-refractivity contribution < 1.29 is 92.3 Å². The summed E-state index contributed by atoms with van der Waals surface area (Å²) in [5.41, 5.74) is 0. The van der Waals surface area contributed by atoms with E-state index in [0.717, 1.165) is 0 Å². The molecule has 0 aliphatic carbocycles. The van der Waals surface area contributed by atoms with Gasteiger partial charge in [0, 0.05) is 13.2 Å². The van der Waals surface area contributed by atoms with E-state index in [1.165, 1.54) is 0 Å². The van der Waals surface area contributed by atoms with E-state index >= 15 is 0 Å². The van der Waals surface area contributed by atoms with Gasteiger partial charge in [-0.2, -0.15) is 0 Å². The Morgan fingerprint density at radius 1 is 0.875 bits per heavy atom. The zero-order valence-electron chi connectivity index (χ0n) is 12.1. The summed E-state index contributed by atoms with van der Waals surface area (Å²) >= 11 is 0. The van der Waals surface area contributed by atoms with E-state index in [2.05, 4.69) is 9.05 Å². The molecule has 0 bridgehead atoms. The van der Waals surface area contributed by atoms with Gasteiger partial charge in [0.15, 0.2) is 0 Å². The van der Waals surface area contributed by atoms with Crippen LogP contribution in [0.5, 0.6) is 0 Å². The summed E-state index contributed by atoms with van der Waals surface area (Å²) < 4.78 is 27.4. The first-order chi connectivity index (χ1) is 9.95. The fraction of sp³-hybridized carbons (Fsp3) is 1.00. The minimum atomic E-state index is -5.00. The van der Waals surface area contributed by atoms with E-state index in [1.54, 1.807) is 0 Å². The quantitative estimate of drug-likeness (QED) is 0.171. The van der Waals surface area contributed by atoms with Crippen LogP contribution in [-0.4, -0.2) is 59.1 Å². The molecule has 0 saturated heterocycles. The Kier molecular flexibility index (Phi) is 23.9. The third-order valence-electron chi connectivity index (χ3n) is 1.82. The van der Waals surface area contributed by atoms with Gasteiger partial charge in [-0.05, 0) is 12.8 Å². The second-order valence-electron chi connectivity index (χ2n) is 3.78. The zero-order chi connectivity index (χ0) is 17.8. The molecule has 0 aliphatic rings. The predicted molar refractivity (Wildman–Crippen MR) is 62.5 cm³/mol. The number of hydrogen-bond acceptors (Lipinski definition) is 12. The molecule has 0 fully saturated rings. The van der Waals surface area contributed by atoms with Crippen molar-refractivity contribution in [2.45, 2.75) is 25.0 Å². The summed E-state index contributed by atoms with van der Waals surface area (Å²) in [6.07, 6.45) is -2.19. The molecule has 146 valence electrons. The number of phosphoric acid groups is 2. The van der Waals surface area contributed by atoms with E-state index in [9.17, 15) is 28.7 Å². The number of phosphoric ester groups is 2. The molecule has 0 rings (SSSR count). The van der Waals surface area contributed by atoms with Crippen molar-refractivity contribution in [3.63, 3.8) is 0 Å². The first-order valence-electron chi connectivity index (χ1n) is 5.82. The van der Waals surface area contributed by atoms with Crippen LogP contribution >= 0.6 is 15.6 Å². The monoisotopic (exact) mass is 478 g/mol. The molecule has 16 heteroatoms. The molecule has 0 aliphatic heterocycles. The van der Waals surface area contributed by atoms with Gasteiger partial charge in [-0.3, -0.25) is 0 Å². The van der Waals surface area contributed by atoms with E-state index in [1.807, 2.05) is 0 Å². The van der Waals surface area contributed by atoms with Gasteiger partial charge in [-0.1, -0.05) is 0 Å². The third kappa shape index (κ3) is 27.9. The second kappa shape index (κ2) is 17.5. The molecule has 4 N–H and O–H groups in total. The molecule has 1 atom stereocenters. The number of aliphatic hydroxyl groups is 4. The standard InChI is InChI=1S/C5H13O6P.C3H9O6P.2Mn/c6-3-1-5(2-4-7)11-12(8,9)10;4-1-3(5)2-9-10(6,7)8;;/h5-7H,1-4H2,(H2,8,9,10);3-5H,1-2H2,(H2,6,7,8);;/q;;2*+2/p-4. The van der Waals surface area contributed by atoms with Crippen LogP contribution in [0.25, 0.3) is 0 Å². The minimum Gasteiger partial charge on any atom is -0.790 e. The minimum absolute atomic E-state index is 0. The molecule has 0 spiro atoms. The Hall–Kier alpha value is 1.10. The Morgan fingerprint density at radius 2 is 1.29 bits per heavy atom. The maximum Gasteiger partial charge on any atom is 2.00 e. The Morgan fingerprint density at radius 3 is 1.54 bits per heavy atom. The fourth-order valence-corrected chi connectivity index (χ4v) is 1.88. The second-order valence-corrected chi connectivity index (χ2v) is 6.04. The predicted octanol–water partition coefficient (Wildman–Crippen LogP) is -4.85. The molecule has 0 amide bonds. The smallest absolute Gasteiger partial charge is 0.790 e. The normalized spacial score (nSPS) is 12.5. The van der Waals surface area contributed by atoms with Crippen molar-refractivity contribution >= 4 is 15.6 Å². The first-order valence-corrected chi connectivity index (χ1v) is 8.75. The van der Waals surface area contributed by atoms with Crippen LogP contribution in [0.2, 0.25) is 0 Å². The maximum atomic E-state index is 10.1. The van der Waals surface area contributed by atoms with Gasteiger partial charge in [-0.15, -0.1) is 0 Å². The Balaban J connectivity index is -0.000000156. The Labute approximate surface area is 159 Å². The number of aliphatic hydroxyl groups excluding tert-OH is 4. The molecular formula is C8H18Mn2O12P2. The van der Waals surface area contributed by atoms with Crippen LogP contribution in [0.15, 0.2) is 0 Å². The summed E-state index contributed by atoms with van der Waals surface area (Å²) in [5.74, 6) is 0.